The molecular weight excluding hydrogens is 268 g/mol. The largest absolute Gasteiger partial charge is 0.481 e. The van der Waals surface area contributed by atoms with Crippen LogP contribution >= 0.6 is 0 Å². The van der Waals surface area contributed by atoms with E-state index in [1.54, 1.807) is 24.7 Å². The molecule has 0 radical (unpaired) electrons. The summed E-state index contributed by atoms with van der Waals surface area (Å²) in [5, 5.41) is 24.1. The Morgan fingerprint density at radius 1 is 1.15 bits per heavy atom. The first-order chi connectivity index (χ1) is 9.41. The predicted molar refractivity (Wildman–Crippen MR) is 67.6 cm³/mol. The molecule has 1 atom stereocenters. The van der Waals surface area contributed by atoms with Crippen LogP contribution in [-0.4, -0.2) is 48.3 Å². The molecule has 2 heterocycles. The molecule has 0 aliphatic carbocycles. The number of hydrogen-bond acceptors (Lipinski definition) is 7. The number of hydrogen-bond donors (Lipinski definition) is 4. The highest BCUT2D eigenvalue weighted by atomic mass is 16.4. The second-order valence-corrected chi connectivity index (χ2v) is 3.57. The average molecular weight is 280 g/mol. The van der Waals surface area contributed by atoms with Gasteiger partial charge in [-0.25, -0.2) is 14.8 Å². The van der Waals surface area contributed by atoms with Crippen LogP contribution in [0.4, 0.5) is 5.82 Å². The van der Waals surface area contributed by atoms with E-state index >= 15 is 0 Å². The Labute approximate surface area is 112 Å². The molecule has 0 aromatic carbocycles. The van der Waals surface area contributed by atoms with Crippen LogP contribution in [0.3, 0.4) is 0 Å². The molecule has 2 aromatic rings. The molecule has 0 saturated heterocycles. The number of nitrogens with zero attached hydrogens (tertiary/aromatic N) is 3. The number of aliphatic hydroxyl groups excluding tert-OH is 1. The molecule has 0 saturated carbocycles. The lowest BCUT2D eigenvalue weighted by Crippen LogP contribution is -2.22. The summed E-state index contributed by atoms with van der Waals surface area (Å²) in [5.74, 6) is -2.42. The van der Waals surface area contributed by atoms with E-state index in [4.69, 9.17) is 21.1 Å². The van der Waals surface area contributed by atoms with Gasteiger partial charge >= 0.3 is 11.9 Å². The van der Waals surface area contributed by atoms with Gasteiger partial charge < -0.3 is 21.1 Å². The molecule has 20 heavy (non-hydrogen) atoms. The zero-order chi connectivity index (χ0) is 15.1. The summed E-state index contributed by atoms with van der Waals surface area (Å²) in [5.41, 5.74) is 6.98. The van der Waals surface area contributed by atoms with E-state index in [1.807, 2.05) is 0 Å². The van der Waals surface area contributed by atoms with Gasteiger partial charge in [-0.2, -0.15) is 0 Å². The highest BCUT2D eigenvalue weighted by Crippen LogP contribution is 2.11. The predicted octanol–water partition coefficient (Wildman–Crippen LogP) is -0.486. The molecule has 9 heteroatoms. The van der Waals surface area contributed by atoms with Gasteiger partial charge in [0, 0.05) is 18.6 Å². The number of pyridine rings is 1. The third-order valence-electron chi connectivity index (χ3n) is 2.07. The number of anilines is 1. The van der Waals surface area contributed by atoms with Gasteiger partial charge in [-0.1, -0.05) is 0 Å². The van der Waals surface area contributed by atoms with Crippen molar-refractivity contribution in [2.24, 2.45) is 0 Å². The van der Waals surface area contributed by atoms with Crippen LogP contribution in [0, 0.1) is 0 Å². The van der Waals surface area contributed by atoms with Crippen LogP contribution in [-0.2, 0) is 9.59 Å². The highest BCUT2D eigenvalue weighted by Gasteiger charge is 2.16. The Balaban J connectivity index is 0.000000206. The van der Waals surface area contributed by atoms with Crippen LogP contribution in [0.15, 0.2) is 24.7 Å². The lowest BCUT2D eigenvalue weighted by molar-refractivity contribution is -0.152. The van der Waals surface area contributed by atoms with Gasteiger partial charge in [0.2, 0.25) is 0 Å². The van der Waals surface area contributed by atoms with Gasteiger partial charge in [0.25, 0.3) is 0 Å². The number of nitrogen functional groups attached to an aromatic ring is 1. The molecule has 0 spiro atoms. The highest BCUT2D eigenvalue weighted by molar-refractivity contribution is 5.83. The molecule has 2 aromatic heterocycles. The van der Waals surface area contributed by atoms with Gasteiger partial charge in [-0.3, -0.25) is 9.78 Å². The van der Waals surface area contributed by atoms with Crippen molar-refractivity contribution in [3.8, 4) is 0 Å². The maximum Gasteiger partial charge on any atom is 0.333 e. The first-order valence-corrected chi connectivity index (χ1v) is 5.35. The molecule has 0 aliphatic rings. The fourth-order valence-corrected chi connectivity index (χ4v) is 1.17. The number of carbonyl (C=O) groups is 2. The number of aliphatic carboxylic acids is 2. The zero-order valence-corrected chi connectivity index (χ0v) is 10.2. The third kappa shape index (κ3) is 4.46. The molecule has 106 valence electrons. The second-order valence-electron chi connectivity index (χ2n) is 3.57. The van der Waals surface area contributed by atoms with E-state index in [0.717, 1.165) is 5.52 Å². The molecule has 0 aliphatic heterocycles. The van der Waals surface area contributed by atoms with Crippen LogP contribution in [0.5, 0.6) is 0 Å². The normalized spacial score (nSPS) is 11.2. The number of aromatic nitrogens is 3. The molecule has 2 rings (SSSR count). The van der Waals surface area contributed by atoms with Crippen molar-refractivity contribution in [3.63, 3.8) is 0 Å². The lowest BCUT2D eigenvalue weighted by Gasteiger charge is -1.97. The minimum atomic E-state index is -1.79. The van der Waals surface area contributed by atoms with Crippen LogP contribution in [0.2, 0.25) is 0 Å². The Hall–Kier alpha value is -2.81. The summed E-state index contributed by atoms with van der Waals surface area (Å²) < 4.78 is 0. The molecular formula is C11H12N4O5. The summed E-state index contributed by atoms with van der Waals surface area (Å²) >= 11 is 0. The summed E-state index contributed by atoms with van der Waals surface area (Å²) in [6.45, 7) is 0. The van der Waals surface area contributed by atoms with Crippen molar-refractivity contribution >= 4 is 28.8 Å². The zero-order valence-electron chi connectivity index (χ0n) is 10.2. The van der Waals surface area contributed by atoms with Gasteiger partial charge in [0.05, 0.1) is 11.9 Å². The van der Waals surface area contributed by atoms with Crippen LogP contribution in [0.1, 0.15) is 6.42 Å². The van der Waals surface area contributed by atoms with Gasteiger partial charge in [-0.05, 0) is 6.07 Å². The smallest absolute Gasteiger partial charge is 0.333 e. The van der Waals surface area contributed by atoms with E-state index < -0.39 is 24.5 Å². The van der Waals surface area contributed by atoms with E-state index in [9.17, 15) is 9.59 Å². The summed E-state index contributed by atoms with van der Waals surface area (Å²) in [6, 6.07) is 1.78. The summed E-state index contributed by atoms with van der Waals surface area (Å²) in [4.78, 5) is 31.4. The fourth-order valence-electron chi connectivity index (χ4n) is 1.17. The molecule has 5 N–H and O–H groups in total. The molecule has 9 nitrogen and oxygen atoms in total. The number of fused-ring (bicyclic) bond motifs is 1. The molecule has 0 bridgehead atoms. The number of rotatable bonds is 3. The minimum absolute atomic E-state index is 0.426. The standard InChI is InChI=1S/C7H6N4.C4H6O5/c8-7-6-5(1-2-11-7)9-3-4-10-6;5-2(4(8)9)1-3(6)7/h1-4H,(H2,8,11);2,5H,1H2,(H,6,7)(H,8,9). The number of aliphatic hydroxyl groups is 1. The molecule has 1 unspecified atom stereocenters. The SMILES string of the molecule is Nc1nccc2nccnc12.O=C(O)CC(O)C(=O)O. The maximum absolute atomic E-state index is 9.72. The quantitative estimate of drug-likeness (QED) is 0.581. The van der Waals surface area contributed by atoms with Crippen molar-refractivity contribution in [2.45, 2.75) is 12.5 Å². The summed E-state index contributed by atoms with van der Waals surface area (Å²) in [6.07, 6.45) is 2.30. The first-order valence-electron chi connectivity index (χ1n) is 5.35. The second kappa shape index (κ2) is 6.95. The van der Waals surface area contributed by atoms with Gasteiger partial charge in [0.15, 0.2) is 11.9 Å². The van der Waals surface area contributed by atoms with E-state index in [-0.39, 0.29) is 0 Å². The number of nitrogens with two attached hydrogens (primary N) is 1. The summed E-state index contributed by atoms with van der Waals surface area (Å²) in [7, 11) is 0. The van der Waals surface area contributed by atoms with Gasteiger partial charge in [0.1, 0.15) is 5.52 Å². The van der Waals surface area contributed by atoms with Crippen molar-refractivity contribution in [1.29, 1.82) is 0 Å². The Morgan fingerprint density at radius 2 is 1.80 bits per heavy atom. The van der Waals surface area contributed by atoms with Gasteiger partial charge in [-0.15, -0.1) is 0 Å². The molecule has 0 fully saturated rings. The third-order valence-corrected chi connectivity index (χ3v) is 2.07. The van der Waals surface area contributed by atoms with Crippen molar-refractivity contribution in [2.75, 3.05) is 5.73 Å². The topological polar surface area (TPSA) is 160 Å². The minimum Gasteiger partial charge on any atom is -0.481 e. The number of carboxylic acid groups (broad SMARTS) is 2. The number of carboxylic acids is 2. The van der Waals surface area contributed by atoms with E-state index in [0.29, 0.717) is 11.3 Å². The maximum atomic E-state index is 9.72. The van der Waals surface area contributed by atoms with Crippen molar-refractivity contribution in [3.05, 3.63) is 24.7 Å². The Bertz CT molecular complexity index is 613. The average Bonchev–Trinajstić information content (AvgIpc) is 2.39. The van der Waals surface area contributed by atoms with E-state index in [2.05, 4.69) is 15.0 Å². The Kier molecular flexibility index (Phi) is 5.30. The monoisotopic (exact) mass is 280 g/mol. The lowest BCUT2D eigenvalue weighted by atomic mass is 10.3. The van der Waals surface area contributed by atoms with Crippen LogP contribution in [0.25, 0.3) is 11.0 Å². The Morgan fingerprint density at radius 3 is 2.30 bits per heavy atom. The first kappa shape index (κ1) is 15.2. The fraction of sp³-hybridized carbons (Fsp3) is 0.182. The van der Waals surface area contributed by atoms with Crippen molar-refractivity contribution in [1.82, 2.24) is 15.0 Å². The van der Waals surface area contributed by atoms with Crippen LogP contribution < -0.4 is 5.73 Å². The molecule has 0 amide bonds. The van der Waals surface area contributed by atoms with E-state index in [1.165, 1.54) is 0 Å². The van der Waals surface area contributed by atoms with Crippen molar-refractivity contribution < 1.29 is 24.9 Å².